The number of imidazole rings is 1. The van der Waals surface area contributed by atoms with Gasteiger partial charge in [0.1, 0.15) is 11.6 Å². The second-order valence-corrected chi connectivity index (χ2v) is 7.72. The van der Waals surface area contributed by atoms with E-state index in [0.29, 0.717) is 6.54 Å². The minimum Gasteiger partial charge on any atom is -0.468 e. The number of hydrogen-bond donors (Lipinski definition) is 2. The summed E-state index contributed by atoms with van der Waals surface area (Å²) in [5.74, 6) is 2.87. The summed E-state index contributed by atoms with van der Waals surface area (Å²) in [6, 6.07) is 12.5. The van der Waals surface area contributed by atoms with E-state index in [4.69, 9.17) is 9.41 Å². The Labute approximate surface area is 201 Å². The van der Waals surface area contributed by atoms with E-state index >= 15 is 0 Å². The molecule has 0 radical (unpaired) electrons. The van der Waals surface area contributed by atoms with E-state index in [9.17, 15) is 0 Å². The number of nitrogens with zero attached hydrogens (tertiary/aromatic N) is 4. The molecule has 1 aliphatic rings. The number of benzene rings is 1. The predicted molar refractivity (Wildman–Crippen MR) is 136 cm³/mol. The molecule has 1 aromatic carbocycles. The molecule has 8 heteroatoms. The fourth-order valence-electron chi connectivity index (χ4n) is 4.20. The first-order valence-corrected chi connectivity index (χ1v) is 11.0. The normalized spacial score (nSPS) is 15.7. The highest BCUT2D eigenvalue weighted by atomic mass is 127. The molecule has 3 heterocycles. The Kier molecular flexibility index (Phi) is 8.77. The lowest BCUT2D eigenvalue weighted by Crippen LogP contribution is -2.39. The van der Waals surface area contributed by atoms with Crippen LogP contribution in [0.2, 0.25) is 0 Å². The highest BCUT2D eigenvalue weighted by Crippen LogP contribution is 2.25. The van der Waals surface area contributed by atoms with Gasteiger partial charge in [0.05, 0.1) is 29.9 Å². The second kappa shape index (κ2) is 11.5. The van der Waals surface area contributed by atoms with Gasteiger partial charge in [0, 0.05) is 19.6 Å². The lowest BCUT2D eigenvalue weighted by atomic mass is 10.2. The highest BCUT2D eigenvalue weighted by Gasteiger charge is 2.25. The van der Waals surface area contributed by atoms with Crippen LogP contribution in [0.3, 0.4) is 0 Å². The fraction of sp³-hybridized carbons (Fsp3) is 0.478. The van der Waals surface area contributed by atoms with Crippen molar-refractivity contribution in [1.29, 1.82) is 0 Å². The molecule has 0 aliphatic carbocycles. The minimum atomic E-state index is 0. The van der Waals surface area contributed by atoms with Gasteiger partial charge in [0.25, 0.3) is 0 Å². The zero-order valence-corrected chi connectivity index (χ0v) is 20.7. The van der Waals surface area contributed by atoms with Crippen LogP contribution >= 0.6 is 24.0 Å². The van der Waals surface area contributed by atoms with Gasteiger partial charge in [-0.25, -0.2) is 4.98 Å². The third-order valence-electron chi connectivity index (χ3n) is 5.69. The number of aromatic nitrogens is 2. The van der Waals surface area contributed by atoms with Gasteiger partial charge in [0.15, 0.2) is 5.96 Å². The van der Waals surface area contributed by atoms with Crippen molar-refractivity contribution in [3.8, 4) is 0 Å². The Balaban J connectivity index is 0.00000272. The third kappa shape index (κ3) is 5.79. The largest absolute Gasteiger partial charge is 0.468 e. The summed E-state index contributed by atoms with van der Waals surface area (Å²) < 4.78 is 7.97. The first kappa shape index (κ1) is 23.6. The fourth-order valence-corrected chi connectivity index (χ4v) is 4.20. The molecule has 0 spiro atoms. The van der Waals surface area contributed by atoms with Gasteiger partial charge in [-0.05, 0) is 64.0 Å². The van der Waals surface area contributed by atoms with Crippen LogP contribution < -0.4 is 10.6 Å². The van der Waals surface area contributed by atoms with E-state index in [1.165, 1.54) is 18.4 Å². The van der Waals surface area contributed by atoms with Crippen molar-refractivity contribution >= 4 is 41.0 Å². The van der Waals surface area contributed by atoms with Gasteiger partial charge in [-0.3, -0.25) is 9.89 Å². The standard InChI is InChI=1S/C23H32N6O.HI/c1-3-24-23(25-12-15-29-18(2)27-19-9-4-5-10-20(19)29)26-17-21(22-11-8-16-30-22)28-13-6-7-14-28;/h4-5,8-11,16,21H,3,6-7,12-15,17H2,1-2H3,(H2,24,25,26);1H. The Morgan fingerprint density at radius 2 is 1.97 bits per heavy atom. The van der Waals surface area contributed by atoms with Crippen LogP contribution in [0.4, 0.5) is 0 Å². The first-order chi connectivity index (χ1) is 14.8. The molecule has 1 saturated heterocycles. The monoisotopic (exact) mass is 536 g/mol. The lowest BCUT2D eigenvalue weighted by Gasteiger charge is -2.24. The highest BCUT2D eigenvalue weighted by molar-refractivity contribution is 14.0. The van der Waals surface area contributed by atoms with Crippen LogP contribution in [0.5, 0.6) is 0 Å². The smallest absolute Gasteiger partial charge is 0.191 e. The Hall–Kier alpha value is -2.07. The number of fused-ring (bicyclic) bond motifs is 1. The molecule has 3 aromatic rings. The SMILES string of the molecule is CCNC(=NCC(c1ccco1)N1CCCC1)NCCn1c(C)nc2ccccc21.I. The summed E-state index contributed by atoms with van der Waals surface area (Å²) in [6.07, 6.45) is 4.25. The maximum atomic E-state index is 5.72. The molecular formula is C23H33IN6O. The van der Waals surface area contributed by atoms with Crippen LogP contribution in [-0.2, 0) is 6.54 Å². The molecule has 1 unspecified atom stereocenters. The number of guanidine groups is 1. The van der Waals surface area contributed by atoms with E-state index < -0.39 is 0 Å². The number of aryl methyl sites for hydroxylation is 1. The van der Waals surface area contributed by atoms with Crippen LogP contribution in [-0.4, -0.2) is 53.1 Å². The van der Waals surface area contributed by atoms with Crippen LogP contribution in [0.15, 0.2) is 52.1 Å². The maximum Gasteiger partial charge on any atom is 0.191 e. The second-order valence-electron chi connectivity index (χ2n) is 7.72. The number of rotatable bonds is 8. The summed E-state index contributed by atoms with van der Waals surface area (Å²) in [5, 5.41) is 6.85. The van der Waals surface area contributed by atoms with Gasteiger partial charge < -0.3 is 19.6 Å². The van der Waals surface area contributed by atoms with Crippen molar-refractivity contribution < 1.29 is 4.42 Å². The van der Waals surface area contributed by atoms with E-state index in [-0.39, 0.29) is 30.0 Å². The van der Waals surface area contributed by atoms with Crippen LogP contribution in [0, 0.1) is 6.92 Å². The van der Waals surface area contributed by atoms with Crippen molar-refractivity contribution in [1.82, 2.24) is 25.1 Å². The summed E-state index contributed by atoms with van der Waals surface area (Å²) in [6.45, 7) is 9.49. The van der Waals surface area contributed by atoms with E-state index in [2.05, 4.69) is 63.2 Å². The molecule has 0 amide bonds. The zero-order chi connectivity index (χ0) is 20.8. The molecule has 0 bridgehead atoms. The molecule has 2 aromatic heterocycles. The number of aliphatic imine (C=N–C) groups is 1. The number of halogens is 1. The summed E-state index contributed by atoms with van der Waals surface area (Å²) >= 11 is 0. The molecule has 1 aliphatic heterocycles. The van der Waals surface area contributed by atoms with Gasteiger partial charge in [0.2, 0.25) is 0 Å². The summed E-state index contributed by atoms with van der Waals surface area (Å²) in [4.78, 5) is 12.0. The predicted octanol–water partition coefficient (Wildman–Crippen LogP) is 3.95. The van der Waals surface area contributed by atoms with Gasteiger partial charge in [-0.1, -0.05) is 12.1 Å². The van der Waals surface area contributed by atoms with E-state index in [1.807, 2.05) is 12.1 Å². The number of para-hydroxylation sites is 2. The summed E-state index contributed by atoms with van der Waals surface area (Å²) in [5.41, 5.74) is 2.22. The molecule has 0 saturated carbocycles. The quantitative estimate of drug-likeness (QED) is 0.259. The van der Waals surface area contributed by atoms with Crippen LogP contribution in [0.1, 0.15) is 37.4 Å². The molecule has 1 atom stereocenters. The zero-order valence-electron chi connectivity index (χ0n) is 18.4. The molecule has 4 rings (SSSR count). The third-order valence-corrected chi connectivity index (χ3v) is 5.69. The topological polar surface area (TPSA) is 70.6 Å². The number of hydrogen-bond acceptors (Lipinski definition) is 4. The number of likely N-dealkylation sites (tertiary alicyclic amines) is 1. The Bertz CT molecular complexity index is 962. The van der Waals surface area contributed by atoms with Crippen molar-refractivity contribution in [2.24, 2.45) is 4.99 Å². The number of nitrogens with one attached hydrogen (secondary N) is 2. The van der Waals surface area contributed by atoms with E-state index in [0.717, 1.165) is 55.8 Å². The van der Waals surface area contributed by atoms with Gasteiger partial charge in [-0.2, -0.15) is 0 Å². The van der Waals surface area contributed by atoms with E-state index in [1.54, 1.807) is 6.26 Å². The average Bonchev–Trinajstić information content (AvgIpc) is 3.51. The molecule has 7 nitrogen and oxygen atoms in total. The lowest BCUT2D eigenvalue weighted by molar-refractivity contribution is 0.221. The molecule has 1 fully saturated rings. The first-order valence-electron chi connectivity index (χ1n) is 11.0. The average molecular weight is 536 g/mol. The van der Waals surface area contributed by atoms with Gasteiger partial charge in [-0.15, -0.1) is 24.0 Å². The van der Waals surface area contributed by atoms with Crippen molar-refractivity contribution in [3.05, 3.63) is 54.2 Å². The molecule has 31 heavy (non-hydrogen) atoms. The minimum absolute atomic E-state index is 0. The Morgan fingerprint density at radius 1 is 1.16 bits per heavy atom. The van der Waals surface area contributed by atoms with Crippen molar-refractivity contribution in [2.45, 2.75) is 39.3 Å². The van der Waals surface area contributed by atoms with Gasteiger partial charge >= 0.3 is 0 Å². The summed E-state index contributed by atoms with van der Waals surface area (Å²) in [7, 11) is 0. The molecular weight excluding hydrogens is 503 g/mol. The molecule has 168 valence electrons. The van der Waals surface area contributed by atoms with Crippen LogP contribution in [0.25, 0.3) is 11.0 Å². The molecule has 2 N–H and O–H groups in total. The number of furan rings is 1. The van der Waals surface area contributed by atoms with Crippen molar-refractivity contribution in [3.63, 3.8) is 0 Å². The maximum absolute atomic E-state index is 5.72. The Morgan fingerprint density at radius 3 is 2.71 bits per heavy atom. The van der Waals surface area contributed by atoms with Crippen molar-refractivity contribution in [2.75, 3.05) is 32.7 Å².